The van der Waals surface area contributed by atoms with Crippen molar-refractivity contribution in [3.63, 3.8) is 0 Å². The van der Waals surface area contributed by atoms with E-state index in [1.807, 2.05) is 6.92 Å². The van der Waals surface area contributed by atoms with Crippen molar-refractivity contribution in [2.75, 3.05) is 12.3 Å². The van der Waals surface area contributed by atoms with Crippen LogP contribution in [-0.4, -0.2) is 54.0 Å². The van der Waals surface area contributed by atoms with E-state index in [2.05, 4.69) is 15.0 Å². The van der Waals surface area contributed by atoms with Crippen molar-refractivity contribution in [2.24, 2.45) is 5.92 Å². The topological polar surface area (TPSA) is 127 Å². The predicted molar refractivity (Wildman–Crippen MR) is 81.3 cm³/mol. The van der Waals surface area contributed by atoms with Crippen molar-refractivity contribution in [3.05, 3.63) is 12.7 Å². The Balaban J connectivity index is 1.85. The number of hydrogen-bond acceptors (Lipinski definition) is 6. The van der Waals surface area contributed by atoms with Gasteiger partial charge in [0.2, 0.25) is 5.91 Å². The summed E-state index contributed by atoms with van der Waals surface area (Å²) in [6, 6.07) is -0.786. The van der Waals surface area contributed by atoms with E-state index < -0.39 is 12.0 Å². The lowest BCUT2D eigenvalue weighted by molar-refractivity contribution is -0.154. The van der Waals surface area contributed by atoms with Gasteiger partial charge in [0, 0.05) is 6.54 Å². The first-order valence-corrected chi connectivity index (χ1v) is 7.42. The molecular weight excluding hydrogens is 300 g/mol. The first-order chi connectivity index (χ1) is 11.0. The predicted octanol–water partition coefficient (Wildman–Crippen LogP) is 0.120. The summed E-state index contributed by atoms with van der Waals surface area (Å²) in [5, 5.41) is 9.41. The molecule has 23 heavy (non-hydrogen) atoms. The Kier molecular flexibility index (Phi) is 3.85. The fourth-order valence-electron chi connectivity index (χ4n) is 3.10. The number of carboxylic acids is 1. The summed E-state index contributed by atoms with van der Waals surface area (Å²) >= 11 is 0. The summed E-state index contributed by atoms with van der Waals surface area (Å²) in [4.78, 5) is 37.6. The maximum absolute atomic E-state index is 12.6. The number of carbonyl (C=O) groups is 2. The second kappa shape index (κ2) is 5.82. The highest BCUT2D eigenvalue weighted by molar-refractivity contribution is 5.86. The van der Waals surface area contributed by atoms with Crippen LogP contribution in [0.25, 0.3) is 11.2 Å². The number of piperidine rings is 1. The fourth-order valence-corrected chi connectivity index (χ4v) is 3.10. The number of rotatable bonds is 3. The highest BCUT2D eigenvalue weighted by atomic mass is 16.4. The number of hydrogen-bond donors (Lipinski definition) is 2. The third-order valence-corrected chi connectivity index (χ3v) is 4.24. The lowest BCUT2D eigenvalue weighted by atomic mass is 9.91. The summed E-state index contributed by atoms with van der Waals surface area (Å²) in [5.74, 6) is -1.05. The number of aromatic nitrogens is 4. The maximum atomic E-state index is 12.6. The number of nitrogens with two attached hydrogens (primary N) is 1. The van der Waals surface area contributed by atoms with Gasteiger partial charge in [0.1, 0.15) is 24.4 Å². The average Bonchev–Trinajstić information content (AvgIpc) is 2.91. The van der Waals surface area contributed by atoms with Crippen molar-refractivity contribution in [1.82, 2.24) is 24.4 Å². The number of imidazole rings is 1. The molecule has 3 rings (SSSR count). The third kappa shape index (κ3) is 2.69. The van der Waals surface area contributed by atoms with Gasteiger partial charge in [-0.25, -0.2) is 19.7 Å². The molecule has 1 saturated heterocycles. The molecule has 2 atom stereocenters. The lowest BCUT2D eigenvalue weighted by Crippen LogP contribution is -2.52. The zero-order valence-corrected chi connectivity index (χ0v) is 12.7. The molecule has 0 saturated carbocycles. The SMILES string of the molecule is CC1CCCN(C(=O)Cn2cnc3c(N)ncnc32)C1C(=O)O. The summed E-state index contributed by atoms with van der Waals surface area (Å²) in [6.07, 6.45) is 4.38. The molecule has 9 nitrogen and oxygen atoms in total. The van der Waals surface area contributed by atoms with Gasteiger partial charge in [-0.15, -0.1) is 0 Å². The molecule has 2 unspecified atom stereocenters. The van der Waals surface area contributed by atoms with Gasteiger partial charge in [-0.1, -0.05) is 6.92 Å². The van der Waals surface area contributed by atoms with Crippen molar-refractivity contribution < 1.29 is 14.7 Å². The standard InChI is InChI=1S/C14H18N6O3/c1-8-3-2-4-20(11(8)14(22)23)9(21)5-19-7-18-10-12(15)16-6-17-13(10)19/h6-8,11H,2-5H2,1H3,(H,22,23)(H2,15,16,17). The minimum atomic E-state index is -0.965. The van der Waals surface area contributed by atoms with Crippen LogP contribution >= 0.6 is 0 Å². The van der Waals surface area contributed by atoms with Crippen LogP contribution in [0, 0.1) is 5.92 Å². The molecule has 0 bridgehead atoms. The Bertz CT molecular complexity index is 758. The molecular formula is C14H18N6O3. The summed E-state index contributed by atoms with van der Waals surface area (Å²) in [5.41, 5.74) is 6.62. The van der Waals surface area contributed by atoms with Gasteiger partial charge in [0.05, 0.1) is 6.33 Å². The van der Waals surface area contributed by atoms with E-state index in [4.69, 9.17) is 5.73 Å². The first kappa shape index (κ1) is 15.2. The molecule has 2 aromatic heterocycles. The quantitative estimate of drug-likeness (QED) is 0.822. The number of carboxylic acid groups (broad SMARTS) is 1. The number of nitrogen functional groups attached to an aromatic ring is 1. The number of carbonyl (C=O) groups excluding carboxylic acids is 1. The zero-order chi connectivity index (χ0) is 16.6. The van der Waals surface area contributed by atoms with Crippen LogP contribution in [0.15, 0.2) is 12.7 Å². The van der Waals surface area contributed by atoms with Crippen molar-refractivity contribution in [2.45, 2.75) is 32.4 Å². The second-order valence-corrected chi connectivity index (χ2v) is 5.79. The van der Waals surface area contributed by atoms with Gasteiger partial charge in [-0.05, 0) is 18.8 Å². The van der Waals surface area contributed by atoms with Gasteiger partial charge < -0.3 is 20.3 Å². The Morgan fingerprint density at radius 2 is 2.17 bits per heavy atom. The third-order valence-electron chi connectivity index (χ3n) is 4.24. The summed E-state index contributed by atoms with van der Waals surface area (Å²) in [7, 11) is 0. The molecule has 1 aliphatic rings. The van der Waals surface area contributed by atoms with Crippen molar-refractivity contribution in [3.8, 4) is 0 Å². The van der Waals surface area contributed by atoms with Crippen molar-refractivity contribution in [1.29, 1.82) is 0 Å². The zero-order valence-electron chi connectivity index (χ0n) is 12.7. The van der Waals surface area contributed by atoms with Crippen LogP contribution in [0.2, 0.25) is 0 Å². The molecule has 1 fully saturated rings. The fraction of sp³-hybridized carbons (Fsp3) is 0.500. The van der Waals surface area contributed by atoms with Gasteiger partial charge in [0.15, 0.2) is 11.5 Å². The van der Waals surface area contributed by atoms with Crippen LogP contribution < -0.4 is 5.73 Å². The normalized spacial score (nSPS) is 21.5. The number of fused-ring (bicyclic) bond motifs is 1. The van der Waals surface area contributed by atoms with Gasteiger partial charge in [0.25, 0.3) is 0 Å². The Morgan fingerprint density at radius 3 is 2.91 bits per heavy atom. The van der Waals surface area contributed by atoms with Crippen molar-refractivity contribution >= 4 is 28.9 Å². The second-order valence-electron chi connectivity index (χ2n) is 5.79. The van der Waals surface area contributed by atoms with Gasteiger partial charge >= 0.3 is 5.97 Å². The molecule has 9 heteroatoms. The van der Waals surface area contributed by atoms with Crippen LogP contribution in [0.1, 0.15) is 19.8 Å². The monoisotopic (exact) mass is 318 g/mol. The number of likely N-dealkylation sites (tertiary alicyclic amines) is 1. The Hall–Kier alpha value is -2.71. The first-order valence-electron chi connectivity index (χ1n) is 7.42. The molecule has 0 aliphatic carbocycles. The number of amides is 1. The van der Waals surface area contributed by atoms with E-state index in [0.29, 0.717) is 17.7 Å². The maximum Gasteiger partial charge on any atom is 0.326 e. The number of anilines is 1. The molecule has 0 spiro atoms. The van der Waals surface area contributed by atoms with E-state index in [1.54, 1.807) is 4.57 Å². The molecule has 0 aromatic carbocycles. The summed E-state index contributed by atoms with van der Waals surface area (Å²) < 4.78 is 1.56. The molecule has 3 N–H and O–H groups in total. The highest BCUT2D eigenvalue weighted by Crippen LogP contribution is 2.24. The Morgan fingerprint density at radius 1 is 1.39 bits per heavy atom. The largest absolute Gasteiger partial charge is 0.480 e. The molecule has 2 aromatic rings. The molecule has 1 amide bonds. The lowest BCUT2D eigenvalue weighted by Gasteiger charge is -2.37. The molecule has 0 radical (unpaired) electrons. The van der Waals surface area contributed by atoms with E-state index in [9.17, 15) is 14.7 Å². The van der Waals surface area contributed by atoms with Gasteiger partial charge in [-0.3, -0.25) is 4.79 Å². The van der Waals surface area contributed by atoms with E-state index >= 15 is 0 Å². The van der Waals surface area contributed by atoms with Gasteiger partial charge in [-0.2, -0.15) is 0 Å². The molecule has 122 valence electrons. The highest BCUT2D eigenvalue weighted by Gasteiger charge is 2.37. The number of nitrogens with zero attached hydrogens (tertiary/aromatic N) is 5. The van der Waals surface area contributed by atoms with E-state index in [0.717, 1.165) is 12.8 Å². The smallest absolute Gasteiger partial charge is 0.326 e. The number of aliphatic carboxylic acids is 1. The van der Waals surface area contributed by atoms with Crippen LogP contribution in [0.4, 0.5) is 5.82 Å². The van der Waals surface area contributed by atoms with Crippen LogP contribution in [0.5, 0.6) is 0 Å². The molecule has 1 aliphatic heterocycles. The average molecular weight is 318 g/mol. The molecule has 3 heterocycles. The van der Waals surface area contributed by atoms with E-state index in [1.165, 1.54) is 17.6 Å². The Labute approximate surface area is 132 Å². The minimum Gasteiger partial charge on any atom is -0.480 e. The van der Waals surface area contributed by atoms with Crippen LogP contribution in [-0.2, 0) is 16.1 Å². The minimum absolute atomic E-state index is 0.0244. The summed E-state index contributed by atoms with van der Waals surface area (Å²) in [6.45, 7) is 2.28. The van der Waals surface area contributed by atoms with E-state index in [-0.39, 0.29) is 24.2 Å². The van der Waals surface area contributed by atoms with Crippen LogP contribution in [0.3, 0.4) is 0 Å².